The van der Waals surface area contributed by atoms with E-state index in [1.165, 1.54) is 0 Å². The number of fused-ring (bicyclic) bond motifs is 1. The van der Waals surface area contributed by atoms with Crippen LogP contribution in [-0.2, 0) is 0 Å². The zero-order chi connectivity index (χ0) is 11.2. The van der Waals surface area contributed by atoms with Crippen molar-refractivity contribution in [3.05, 3.63) is 18.2 Å². The zero-order valence-corrected chi connectivity index (χ0v) is 9.58. The molecule has 0 aliphatic carbocycles. The molecule has 0 unspecified atom stereocenters. The van der Waals surface area contributed by atoms with Gasteiger partial charge in [0.25, 0.3) is 0 Å². The van der Waals surface area contributed by atoms with Gasteiger partial charge in [0.15, 0.2) is 11.5 Å². The van der Waals surface area contributed by atoms with Crippen molar-refractivity contribution in [2.45, 2.75) is 6.42 Å². The van der Waals surface area contributed by atoms with Crippen molar-refractivity contribution in [2.75, 3.05) is 38.7 Å². The van der Waals surface area contributed by atoms with Crippen LogP contribution in [0.4, 0.5) is 5.69 Å². The van der Waals surface area contributed by atoms with E-state index in [1.807, 2.05) is 25.2 Å². The lowest BCUT2D eigenvalue weighted by Crippen LogP contribution is -2.17. The number of rotatable bonds is 4. The fraction of sp³-hybridized carbons (Fsp3) is 0.500. The number of nitrogens with one attached hydrogen (secondary N) is 2. The van der Waals surface area contributed by atoms with Crippen molar-refractivity contribution in [2.24, 2.45) is 0 Å². The molecule has 1 aromatic carbocycles. The lowest BCUT2D eigenvalue weighted by atomic mass is 10.2. The van der Waals surface area contributed by atoms with E-state index in [0.717, 1.165) is 49.9 Å². The Kier molecular flexibility index (Phi) is 3.88. The maximum absolute atomic E-state index is 5.61. The second kappa shape index (κ2) is 5.61. The number of anilines is 1. The molecule has 0 atom stereocenters. The van der Waals surface area contributed by atoms with Crippen molar-refractivity contribution >= 4 is 5.69 Å². The molecule has 2 N–H and O–H groups in total. The zero-order valence-electron chi connectivity index (χ0n) is 9.58. The average Bonchev–Trinajstić information content (AvgIpc) is 2.54. The number of ether oxygens (including phenoxy) is 2. The van der Waals surface area contributed by atoms with Crippen LogP contribution in [0.3, 0.4) is 0 Å². The summed E-state index contributed by atoms with van der Waals surface area (Å²) in [4.78, 5) is 0. The maximum atomic E-state index is 5.61. The van der Waals surface area contributed by atoms with Gasteiger partial charge < -0.3 is 20.1 Å². The highest BCUT2D eigenvalue weighted by molar-refractivity contribution is 5.54. The largest absolute Gasteiger partial charge is 0.490 e. The minimum Gasteiger partial charge on any atom is -0.490 e. The highest BCUT2D eigenvalue weighted by Gasteiger charge is 2.10. The van der Waals surface area contributed by atoms with Crippen molar-refractivity contribution in [3.63, 3.8) is 0 Å². The Morgan fingerprint density at radius 2 is 1.94 bits per heavy atom. The Balaban J connectivity index is 2.02. The smallest absolute Gasteiger partial charge is 0.163 e. The maximum Gasteiger partial charge on any atom is 0.163 e. The van der Waals surface area contributed by atoms with Crippen molar-refractivity contribution < 1.29 is 9.47 Å². The van der Waals surface area contributed by atoms with Gasteiger partial charge in [0.05, 0.1) is 13.2 Å². The standard InChI is InChI=1S/C12H18N2O2/c1-13-5-6-14-10-3-4-11-12(9-10)16-8-2-7-15-11/h3-4,9,13-14H,2,5-8H2,1H3. The summed E-state index contributed by atoms with van der Waals surface area (Å²) >= 11 is 0. The van der Waals surface area contributed by atoms with E-state index in [4.69, 9.17) is 9.47 Å². The van der Waals surface area contributed by atoms with Gasteiger partial charge in [-0.15, -0.1) is 0 Å². The van der Waals surface area contributed by atoms with Gasteiger partial charge in [-0.05, 0) is 19.2 Å². The first kappa shape index (κ1) is 11.1. The van der Waals surface area contributed by atoms with Gasteiger partial charge in [0.1, 0.15) is 0 Å². The van der Waals surface area contributed by atoms with Gasteiger partial charge >= 0.3 is 0 Å². The van der Waals surface area contributed by atoms with Crippen LogP contribution in [0.25, 0.3) is 0 Å². The van der Waals surface area contributed by atoms with E-state index < -0.39 is 0 Å². The summed E-state index contributed by atoms with van der Waals surface area (Å²) in [5.74, 6) is 1.68. The van der Waals surface area contributed by atoms with Crippen molar-refractivity contribution in [3.8, 4) is 11.5 Å². The Bertz CT molecular complexity index is 342. The van der Waals surface area contributed by atoms with Gasteiger partial charge in [0.2, 0.25) is 0 Å². The first-order chi connectivity index (χ1) is 7.90. The van der Waals surface area contributed by atoms with E-state index in [9.17, 15) is 0 Å². The van der Waals surface area contributed by atoms with Crippen molar-refractivity contribution in [1.82, 2.24) is 5.32 Å². The fourth-order valence-corrected chi connectivity index (χ4v) is 1.61. The number of hydrogen-bond acceptors (Lipinski definition) is 4. The molecule has 1 aliphatic rings. The molecule has 88 valence electrons. The van der Waals surface area contributed by atoms with Gasteiger partial charge in [-0.1, -0.05) is 0 Å². The van der Waals surface area contributed by atoms with Crippen LogP contribution in [0.1, 0.15) is 6.42 Å². The lowest BCUT2D eigenvalue weighted by molar-refractivity contribution is 0.297. The molecule has 1 aromatic rings. The second-order valence-electron chi connectivity index (χ2n) is 3.74. The molecule has 0 aromatic heterocycles. The number of benzene rings is 1. The van der Waals surface area contributed by atoms with Crippen LogP contribution in [0.5, 0.6) is 11.5 Å². The number of hydrogen-bond donors (Lipinski definition) is 2. The molecule has 4 heteroatoms. The van der Waals surface area contributed by atoms with Crippen LogP contribution >= 0.6 is 0 Å². The molecular formula is C12H18N2O2. The molecule has 0 amide bonds. The Morgan fingerprint density at radius 1 is 1.12 bits per heavy atom. The minimum absolute atomic E-state index is 0.729. The van der Waals surface area contributed by atoms with Crippen LogP contribution in [0, 0.1) is 0 Å². The first-order valence-electron chi connectivity index (χ1n) is 5.68. The highest BCUT2D eigenvalue weighted by atomic mass is 16.5. The lowest BCUT2D eigenvalue weighted by Gasteiger charge is -2.10. The predicted molar refractivity (Wildman–Crippen MR) is 64.5 cm³/mol. The Hall–Kier alpha value is -1.42. The second-order valence-corrected chi connectivity index (χ2v) is 3.74. The summed E-state index contributed by atoms with van der Waals surface area (Å²) in [6.45, 7) is 3.30. The van der Waals surface area contributed by atoms with Crippen LogP contribution in [0.15, 0.2) is 18.2 Å². The van der Waals surface area contributed by atoms with Crippen LogP contribution < -0.4 is 20.1 Å². The predicted octanol–water partition coefficient (Wildman–Crippen LogP) is 1.48. The van der Waals surface area contributed by atoms with Gasteiger partial charge in [-0.25, -0.2) is 0 Å². The number of likely N-dealkylation sites (N-methyl/N-ethyl adjacent to an activating group) is 1. The molecule has 1 aliphatic heterocycles. The molecule has 16 heavy (non-hydrogen) atoms. The first-order valence-corrected chi connectivity index (χ1v) is 5.68. The molecule has 2 rings (SSSR count). The molecule has 1 heterocycles. The normalized spacial score (nSPS) is 14.3. The molecule has 0 saturated carbocycles. The molecule has 0 spiro atoms. The summed E-state index contributed by atoms with van der Waals surface area (Å²) in [6, 6.07) is 5.97. The summed E-state index contributed by atoms with van der Waals surface area (Å²) in [5.41, 5.74) is 1.07. The SMILES string of the molecule is CNCCNc1ccc2c(c1)OCCCO2. The average molecular weight is 222 g/mol. The third kappa shape index (κ3) is 2.79. The minimum atomic E-state index is 0.729. The van der Waals surface area contributed by atoms with E-state index in [0.29, 0.717) is 0 Å². The fourth-order valence-electron chi connectivity index (χ4n) is 1.61. The van der Waals surface area contributed by atoms with E-state index in [2.05, 4.69) is 10.6 Å². The molecule has 0 bridgehead atoms. The van der Waals surface area contributed by atoms with E-state index in [-0.39, 0.29) is 0 Å². The summed E-state index contributed by atoms with van der Waals surface area (Å²) in [5, 5.41) is 6.41. The topological polar surface area (TPSA) is 42.5 Å². The molecule has 0 fully saturated rings. The van der Waals surface area contributed by atoms with Crippen LogP contribution in [0.2, 0.25) is 0 Å². The van der Waals surface area contributed by atoms with Crippen molar-refractivity contribution in [1.29, 1.82) is 0 Å². The molecule has 0 radical (unpaired) electrons. The van der Waals surface area contributed by atoms with E-state index >= 15 is 0 Å². The summed E-state index contributed by atoms with van der Waals surface area (Å²) in [7, 11) is 1.94. The summed E-state index contributed by atoms with van der Waals surface area (Å²) < 4.78 is 11.2. The van der Waals surface area contributed by atoms with Gasteiger partial charge in [0, 0.05) is 31.3 Å². The third-order valence-electron chi connectivity index (χ3n) is 2.45. The Labute approximate surface area is 95.9 Å². The van der Waals surface area contributed by atoms with E-state index in [1.54, 1.807) is 0 Å². The van der Waals surface area contributed by atoms with Gasteiger partial charge in [-0.2, -0.15) is 0 Å². The molecule has 4 nitrogen and oxygen atoms in total. The van der Waals surface area contributed by atoms with Gasteiger partial charge in [-0.3, -0.25) is 0 Å². The third-order valence-corrected chi connectivity index (χ3v) is 2.45. The summed E-state index contributed by atoms with van der Waals surface area (Å²) in [6.07, 6.45) is 0.942. The molecule has 0 saturated heterocycles. The van der Waals surface area contributed by atoms with Crippen LogP contribution in [-0.4, -0.2) is 33.4 Å². The highest BCUT2D eigenvalue weighted by Crippen LogP contribution is 2.32. The quantitative estimate of drug-likeness (QED) is 0.757. The molecular weight excluding hydrogens is 204 g/mol. The monoisotopic (exact) mass is 222 g/mol. The Morgan fingerprint density at radius 3 is 2.75 bits per heavy atom.